The van der Waals surface area contributed by atoms with E-state index in [1.54, 1.807) is 12.1 Å². The first-order chi connectivity index (χ1) is 13.9. The third-order valence-corrected chi connectivity index (χ3v) is 4.39. The predicted octanol–water partition coefficient (Wildman–Crippen LogP) is 3.97. The lowest BCUT2D eigenvalue weighted by Gasteiger charge is -2.17. The molecule has 0 aliphatic heterocycles. The van der Waals surface area contributed by atoms with Crippen molar-refractivity contribution in [2.24, 2.45) is 0 Å². The van der Waals surface area contributed by atoms with Gasteiger partial charge >= 0.3 is 0 Å². The monoisotopic (exact) mass is 396 g/mol. The number of hydrogen-bond acceptors (Lipinski definition) is 4. The molecule has 0 heterocycles. The van der Waals surface area contributed by atoms with Crippen molar-refractivity contribution in [2.75, 3.05) is 18.5 Å². The van der Waals surface area contributed by atoms with Gasteiger partial charge in [-0.1, -0.05) is 38.1 Å². The quantitative estimate of drug-likeness (QED) is 0.539. The number of aliphatic hydroxyl groups is 1. The number of aliphatic hydroxyl groups excluding tert-OH is 1. The summed E-state index contributed by atoms with van der Waals surface area (Å²) in [6.45, 7) is 4.43. The Balaban J connectivity index is 1.82. The molecule has 29 heavy (non-hydrogen) atoms. The van der Waals surface area contributed by atoms with E-state index in [0.717, 1.165) is 10.8 Å². The molecule has 0 radical (unpaired) electrons. The molecule has 3 N–H and O–H groups in total. The second-order valence-electron chi connectivity index (χ2n) is 7.18. The molecule has 0 aromatic heterocycles. The Kier molecular flexibility index (Phi) is 6.80. The molecule has 0 saturated carbocycles. The number of fused-ring (bicyclic) bond motifs is 1. The van der Waals surface area contributed by atoms with Crippen LogP contribution in [0.1, 0.15) is 24.2 Å². The lowest BCUT2D eigenvalue weighted by Crippen LogP contribution is -2.35. The molecule has 0 spiro atoms. The lowest BCUT2D eigenvalue weighted by atomic mass is 10.1. The third kappa shape index (κ3) is 5.76. The summed E-state index contributed by atoms with van der Waals surface area (Å²) in [4.78, 5) is 12.9. The Morgan fingerprint density at radius 1 is 1.07 bits per heavy atom. The second kappa shape index (κ2) is 9.49. The molecule has 0 saturated heterocycles. The van der Waals surface area contributed by atoms with E-state index in [9.17, 15) is 14.3 Å². The number of nitrogens with one attached hydrogen (secondary N) is 2. The Labute approximate surface area is 169 Å². The van der Waals surface area contributed by atoms with Gasteiger partial charge in [-0.25, -0.2) is 4.39 Å². The van der Waals surface area contributed by atoms with Gasteiger partial charge in [0.05, 0.1) is 5.56 Å². The average Bonchev–Trinajstić information content (AvgIpc) is 2.71. The molecular formula is C23H25FN2O3. The highest BCUT2D eigenvalue weighted by molar-refractivity contribution is 6.08. The van der Waals surface area contributed by atoms with Crippen LogP contribution < -0.4 is 15.4 Å². The van der Waals surface area contributed by atoms with E-state index in [2.05, 4.69) is 10.6 Å². The smallest absolute Gasteiger partial charge is 0.259 e. The van der Waals surface area contributed by atoms with E-state index in [1.807, 2.05) is 38.1 Å². The van der Waals surface area contributed by atoms with Crippen LogP contribution in [-0.4, -0.2) is 36.3 Å². The zero-order chi connectivity index (χ0) is 20.8. The summed E-state index contributed by atoms with van der Waals surface area (Å²) in [6.07, 6.45) is -0.711. The van der Waals surface area contributed by atoms with Crippen LogP contribution in [0.2, 0.25) is 0 Å². The van der Waals surface area contributed by atoms with Crippen LogP contribution in [0.15, 0.2) is 60.7 Å². The van der Waals surface area contributed by atoms with E-state index in [-0.39, 0.29) is 24.4 Å². The van der Waals surface area contributed by atoms with E-state index in [1.165, 1.54) is 24.3 Å². The van der Waals surface area contributed by atoms with Crippen molar-refractivity contribution in [2.45, 2.75) is 26.0 Å². The minimum Gasteiger partial charge on any atom is -0.490 e. The number of carbonyl (C=O) groups excluding carboxylic acids is 1. The summed E-state index contributed by atoms with van der Waals surface area (Å²) in [7, 11) is 0. The summed E-state index contributed by atoms with van der Waals surface area (Å²) in [5.74, 6) is -0.360. The number of amides is 1. The summed E-state index contributed by atoms with van der Waals surface area (Å²) in [6, 6.07) is 17.0. The van der Waals surface area contributed by atoms with Gasteiger partial charge < -0.3 is 20.5 Å². The van der Waals surface area contributed by atoms with Gasteiger partial charge in [0.25, 0.3) is 5.91 Å². The SMILES string of the molecule is CC(C)NCC(O)COc1cc2ccccc2cc1C(=O)Nc1ccc(F)cc1. The van der Waals surface area contributed by atoms with E-state index in [0.29, 0.717) is 23.5 Å². The normalized spacial score (nSPS) is 12.2. The molecule has 5 nitrogen and oxygen atoms in total. The van der Waals surface area contributed by atoms with Gasteiger partial charge in [-0.3, -0.25) is 4.79 Å². The highest BCUT2D eigenvalue weighted by Crippen LogP contribution is 2.27. The van der Waals surface area contributed by atoms with Crippen molar-refractivity contribution < 1.29 is 19.0 Å². The highest BCUT2D eigenvalue weighted by atomic mass is 19.1. The standard InChI is InChI=1S/C23H25FN2O3/c1-15(2)25-13-20(27)14-29-22-12-17-6-4-3-5-16(17)11-21(22)23(28)26-19-9-7-18(24)8-10-19/h3-12,15,20,25,27H,13-14H2,1-2H3,(H,26,28). The Hall–Kier alpha value is -2.96. The van der Waals surface area contributed by atoms with Crippen LogP contribution in [0.3, 0.4) is 0 Å². The largest absolute Gasteiger partial charge is 0.490 e. The van der Waals surface area contributed by atoms with E-state index < -0.39 is 6.10 Å². The number of carbonyl (C=O) groups is 1. The molecular weight excluding hydrogens is 371 g/mol. The second-order valence-corrected chi connectivity index (χ2v) is 7.18. The fraction of sp³-hybridized carbons (Fsp3) is 0.261. The molecule has 1 unspecified atom stereocenters. The molecule has 3 aromatic carbocycles. The topological polar surface area (TPSA) is 70.6 Å². The zero-order valence-electron chi connectivity index (χ0n) is 16.5. The van der Waals surface area contributed by atoms with Gasteiger partial charge in [-0.05, 0) is 47.2 Å². The summed E-state index contributed by atoms with van der Waals surface area (Å²) >= 11 is 0. The number of ether oxygens (including phenoxy) is 1. The Morgan fingerprint density at radius 3 is 2.38 bits per heavy atom. The van der Waals surface area contributed by atoms with Crippen LogP contribution in [0.4, 0.5) is 10.1 Å². The summed E-state index contributed by atoms with van der Waals surface area (Å²) < 4.78 is 18.9. The molecule has 3 rings (SSSR count). The van der Waals surface area contributed by atoms with Gasteiger partial charge in [-0.15, -0.1) is 0 Å². The van der Waals surface area contributed by atoms with Crippen LogP contribution in [0.25, 0.3) is 10.8 Å². The molecule has 1 amide bonds. The number of halogens is 1. The molecule has 1 atom stereocenters. The number of hydrogen-bond donors (Lipinski definition) is 3. The summed E-state index contributed by atoms with van der Waals surface area (Å²) in [5, 5.41) is 17.9. The van der Waals surface area contributed by atoms with Crippen molar-refractivity contribution in [1.82, 2.24) is 5.32 Å². The fourth-order valence-electron chi connectivity index (χ4n) is 2.86. The molecule has 0 bridgehead atoms. The predicted molar refractivity (Wildman–Crippen MR) is 113 cm³/mol. The van der Waals surface area contributed by atoms with E-state index in [4.69, 9.17) is 4.74 Å². The van der Waals surface area contributed by atoms with Gasteiger partial charge in [0.15, 0.2) is 0 Å². The maximum atomic E-state index is 13.1. The van der Waals surface area contributed by atoms with Crippen molar-refractivity contribution in [3.05, 3.63) is 72.0 Å². The highest BCUT2D eigenvalue weighted by Gasteiger charge is 2.16. The van der Waals surface area contributed by atoms with Crippen molar-refractivity contribution >= 4 is 22.4 Å². The minimum atomic E-state index is -0.711. The summed E-state index contributed by atoms with van der Waals surface area (Å²) in [5.41, 5.74) is 0.828. The van der Waals surface area contributed by atoms with Gasteiger partial charge in [0.2, 0.25) is 0 Å². The molecule has 0 fully saturated rings. The molecule has 6 heteroatoms. The molecule has 0 aliphatic rings. The third-order valence-electron chi connectivity index (χ3n) is 4.39. The van der Waals surface area contributed by atoms with Crippen LogP contribution >= 0.6 is 0 Å². The maximum Gasteiger partial charge on any atom is 0.259 e. The average molecular weight is 396 g/mol. The molecule has 152 valence electrons. The van der Waals surface area contributed by atoms with Gasteiger partial charge in [-0.2, -0.15) is 0 Å². The van der Waals surface area contributed by atoms with Gasteiger partial charge in [0.1, 0.15) is 24.3 Å². The minimum absolute atomic E-state index is 0.0505. The fourth-order valence-corrected chi connectivity index (χ4v) is 2.86. The zero-order valence-corrected chi connectivity index (χ0v) is 16.5. The first-order valence-electron chi connectivity index (χ1n) is 9.56. The number of rotatable bonds is 8. The lowest BCUT2D eigenvalue weighted by molar-refractivity contribution is 0.0975. The van der Waals surface area contributed by atoms with Crippen LogP contribution in [0.5, 0.6) is 5.75 Å². The van der Waals surface area contributed by atoms with Crippen molar-refractivity contribution in [3.63, 3.8) is 0 Å². The maximum absolute atomic E-state index is 13.1. The number of benzene rings is 3. The molecule has 3 aromatic rings. The van der Waals surface area contributed by atoms with E-state index >= 15 is 0 Å². The first-order valence-corrected chi connectivity index (χ1v) is 9.56. The van der Waals surface area contributed by atoms with Gasteiger partial charge in [0, 0.05) is 18.3 Å². The first kappa shape index (κ1) is 20.8. The number of anilines is 1. The van der Waals surface area contributed by atoms with Crippen LogP contribution in [-0.2, 0) is 0 Å². The Morgan fingerprint density at radius 2 is 1.72 bits per heavy atom. The van der Waals surface area contributed by atoms with Crippen molar-refractivity contribution in [1.29, 1.82) is 0 Å². The Bertz CT molecular complexity index is 974. The molecule has 0 aliphatic carbocycles. The van der Waals surface area contributed by atoms with Crippen LogP contribution in [0, 0.1) is 5.82 Å². The van der Waals surface area contributed by atoms with Crippen molar-refractivity contribution in [3.8, 4) is 5.75 Å².